The summed E-state index contributed by atoms with van der Waals surface area (Å²) in [6.07, 6.45) is -0.0220. The fraction of sp³-hybridized carbons (Fsp3) is 0.733. The van der Waals surface area contributed by atoms with Crippen LogP contribution in [0.25, 0.3) is 0 Å². The molecule has 5 N–H and O–H groups in total. The van der Waals surface area contributed by atoms with Gasteiger partial charge in [0.15, 0.2) is 16.1 Å². The first kappa shape index (κ1) is 19.5. The number of nitrogens with two attached hydrogens (primary N) is 1. The lowest BCUT2D eigenvalue weighted by atomic mass is 10.2. The van der Waals surface area contributed by atoms with Gasteiger partial charge in [-0.25, -0.2) is 9.97 Å². The molecule has 136 valence electrons. The van der Waals surface area contributed by atoms with E-state index in [0.717, 1.165) is 18.6 Å². The van der Waals surface area contributed by atoms with Crippen molar-refractivity contribution < 1.29 is 14.9 Å². The SMILES string of the molecule is CCCO[C@H]1C[C@@H](Nc2nc(SCCC)nc(Cl)c2N)[C@H](O)[C@@H]1O. The molecule has 7 nitrogen and oxygen atoms in total. The van der Waals surface area contributed by atoms with Crippen molar-refractivity contribution in [1.29, 1.82) is 0 Å². The third kappa shape index (κ3) is 4.64. The smallest absolute Gasteiger partial charge is 0.191 e. The van der Waals surface area contributed by atoms with E-state index in [1.807, 2.05) is 6.92 Å². The zero-order valence-electron chi connectivity index (χ0n) is 13.9. The normalized spacial score (nSPS) is 26.7. The number of ether oxygens (including phenoxy) is 1. The zero-order chi connectivity index (χ0) is 17.7. The van der Waals surface area contributed by atoms with Gasteiger partial charge in [0, 0.05) is 12.4 Å². The monoisotopic (exact) mass is 376 g/mol. The van der Waals surface area contributed by atoms with E-state index in [2.05, 4.69) is 22.2 Å². The molecule has 9 heteroatoms. The van der Waals surface area contributed by atoms with Crippen LogP contribution < -0.4 is 11.1 Å². The molecule has 2 rings (SSSR count). The fourth-order valence-corrected chi connectivity index (χ4v) is 3.45. The van der Waals surface area contributed by atoms with Crippen molar-refractivity contribution in [1.82, 2.24) is 9.97 Å². The molecule has 0 unspecified atom stereocenters. The predicted octanol–water partition coefficient (Wildman–Crippen LogP) is 1.92. The second-order valence-electron chi connectivity index (χ2n) is 5.78. The standard InChI is InChI=1S/C15H25ClN4O3S/c1-3-5-23-9-7-8(11(21)12(9)22)18-14-10(17)13(16)19-15(20-14)24-6-4-2/h8-9,11-12,21-22H,3-7,17H2,1-2H3,(H,18,19,20)/t8-,9+,11+,12-/m1/s1. The van der Waals surface area contributed by atoms with Gasteiger partial charge in [-0.3, -0.25) is 0 Å². The van der Waals surface area contributed by atoms with E-state index in [-0.39, 0.29) is 10.8 Å². The lowest BCUT2D eigenvalue weighted by molar-refractivity contribution is -0.0542. The van der Waals surface area contributed by atoms with Crippen LogP contribution in [0.15, 0.2) is 5.16 Å². The summed E-state index contributed by atoms with van der Waals surface area (Å²) < 4.78 is 5.59. The molecule has 0 bridgehead atoms. The Labute approximate surface area is 151 Å². The Morgan fingerprint density at radius 2 is 2.04 bits per heavy atom. The first-order chi connectivity index (χ1) is 11.5. The van der Waals surface area contributed by atoms with Crippen molar-refractivity contribution >= 4 is 34.9 Å². The lowest BCUT2D eigenvalue weighted by Gasteiger charge is -2.19. The first-order valence-corrected chi connectivity index (χ1v) is 9.54. The van der Waals surface area contributed by atoms with E-state index in [1.165, 1.54) is 11.8 Å². The number of aliphatic hydroxyl groups excluding tert-OH is 2. The van der Waals surface area contributed by atoms with E-state index in [9.17, 15) is 10.2 Å². The van der Waals surface area contributed by atoms with Gasteiger partial charge in [0.05, 0.1) is 12.1 Å². The Hall–Kier alpha value is -0.800. The molecule has 1 aromatic heterocycles. The highest BCUT2D eigenvalue weighted by Gasteiger charge is 2.42. The van der Waals surface area contributed by atoms with Crippen molar-refractivity contribution in [2.24, 2.45) is 0 Å². The molecule has 1 aromatic rings. The summed E-state index contributed by atoms with van der Waals surface area (Å²) in [5.41, 5.74) is 6.18. The number of hydrogen-bond acceptors (Lipinski definition) is 8. The minimum absolute atomic E-state index is 0.179. The van der Waals surface area contributed by atoms with Crippen LogP contribution in [0.4, 0.5) is 11.5 Å². The van der Waals surface area contributed by atoms with Crippen LogP contribution in [-0.2, 0) is 4.74 Å². The third-order valence-electron chi connectivity index (χ3n) is 3.80. The number of thioether (sulfide) groups is 1. The van der Waals surface area contributed by atoms with Gasteiger partial charge in [-0.1, -0.05) is 37.2 Å². The second-order valence-corrected chi connectivity index (χ2v) is 7.20. The Bertz CT molecular complexity index is 552. The van der Waals surface area contributed by atoms with Crippen molar-refractivity contribution in [3.05, 3.63) is 5.15 Å². The minimum Gasteiger partial charge on any atom is -0.393 e. The summed E-state index contributed by atoms with van der Waals surface area (Å²) >= 11 is 7.57. The number of nitrogen functional groups attached to an aromatic ring is 1. The van der Waals surface area contributed by atoms with Crippen LogP contribution in [0.1, 0.15) is 33.1 Å². The van der Waals surface area contributed by atoms with E-state index in [4.69, 9.17) is 22.1 Å². The summed E-state index contributed by atoms with van der Waals surface area (Å²) in [5.74, 6) is 1.25. The molecule has 0 radical (unpaired) electrons. The van der Waals surface area contributed by atoms with Gasteiger partial charge in [0.1, 0.15) is 17.9 Å². The highest BCUT2D eigenvalue weighted by molar-refractivity contribution is 7.99. The molecular weight excluding hydrogens is 352 g/mol. The lowest BCUT2D eigenvalue weighted by Crippen LogP contribution is -2.36. The van der Waals surface area contributed by atoms with Crippen molar-refractivity contribution in [3.8, 4) is 0 Å². The summed E-state index contributed by atoms with van der Waals surface area (Å²) in [7, 11) is 0. The molecular formula is C15H25ClN4O3S. The van der Waals surface area contributed by atoms with Crippen molar-refractivity contribution in [2.45, 2.75) is 62.6 Å². The molecule has 1 fully saturated rings. The van der Waals surface area contributed by atoms with E-state index in [0.29, 0.717) is 24.0 Å². The van der Waals surface area contributed by atoms with Crippen molar-refractivity contribution in [3.63, 3.8) is 0 Å². The Balaban J connectivity index is 2.10. The number of aromatic nitrogens is 2. The van der Waals surface area contributed by atoms with Crippen LogP contribution in [-0.4, -0.2) is 56.9 Å². The van der Waals surface area contributed by atoms with E-state index >= 15 is 0 Å². The van der Waals surface area contributed by atoms with Gasteiger partial charge in [0.2, 0.25) is 0 Å². The number of hydrogen-bond donors (Lipinski definition) is 4. The number of anilines is 2. The fourth-order valence-electron chi connectivity index (χ4n) is 2.53. The maximum Gasteiger partial charge on any atom is 0.191 e. The summed E-state index contributed by atoms with van der Waals surface area (Å²) in [6.45, 7) is 4.60. The highest BCUT2D eigenvalue weighted by atomic mass is 35.5. The molecule has 24 heavy (non-hydrogen) atoms. The second kappa shape index (κ2) is 9.05. The largest absolute Gasteiger partial charge is 0.393 e. The maximum atomic E-state index is 10.2. The number of nitrogens with zero attached hydrogens (tertiary/aromatic N) is 2. The number of halogens is 1. The molecule has 4 atom stereocenters. The minimum atomic E-state index is -0.966. The van der Waals surface area contributed by atoms with Crippen LogP contribution in [0.2, 0.25) is 5.15 Å². The Morgan fingerprint density at radius 1 is 1.29 bits per heavy atom. The van der Waals surface area contributed by atoms with Gasteiger partial charge in [-0.05, 0) is 19.3 Å². The molecule has 0 aromatic carbocycles. The molecule has 0 amide bonds. The van der Waals surface area contributed by atoms with Gasteiger partial charge < -0.3 is 26.0 Å². The Morgan fingerprint density at radius 3 is 2.71 bits per heavy atom. The molecule has 0 saturated heterocycles. The van der Waals surface area contributed by atoms with E-state index < -0.39 is 24.4 Å². The predicted molar refractivity (Wildman–Crippen MR) is 96.5 cm³/mol. The summed E-state index contributed by atoms with van der Waals surface area (Å²) in [4.78, 5) is 8.53. The van der Waals surface area contributed by atoms with Crippen LogP contribution in [0.5, 0.6) is 0 Å². The molecule has 1 aliphatic carbocycles. The average molecular weight is 377 g/mol. The summed E-state index contributed by atoms with van der Waals surface area (Å²) in [6, 6.07) is -0.417. The number of rotatable bonds is 8. The van der Waals surface area contributed by atoms with Gasteiger partial charge in [-0.2, -0.15) is 0 Å². The van der Waals surface area contributed by atoms with Crippen LogP contribution >= 0.6 is 23.4 Å². The quantitative estimate of drug-likeness (QED) is 0.309. The van der Waals surface area contributed by atoms with Crippen LogP contribution in [0.3, 0.4) is 0 Å². The van der Waals surface area contributed by atoms with Gasteiger partial charge in [0.25, 0.3) is 0 Å². The van der Waals surface area contributed by atoms with Crippen LogP contribution in [0, 0.1) is 0 Å². The van der Waals surface area contributed by atoms with Gasteiger partial charge in [-0.15, -0.1) is 0 Å². The third-order valence-corrected chi connectivity index (χ3v) is 5.14. The first-order valence-electron chi connectivity index (χ1n) is 8.18. The molecule has 1 heterocycles. The molecule has 1 aliphatic rings. The number of nitrogens with one attached hydrogen (secondary N) is 1. The van der Waals surface area contributed by atoms with Gasteiger partial charge >= 0.3 is 0 Å². The molecule has 1 saturated carbocycles. The zero-order valence-corrected chi connectivity index (χ0v) is 15.5. The summed E-state index contributed by atoms with van der Waals surface area (Å²) in [5, 5.41) is 24.2. The maximum absolute atomic E-state index is 10.2. The number of aliphatic hydroxyl groups is 2. The molecule has 0 spiro atoms. The highest BCUT2D eigenvalue weighted by Crippen LogP contribution is 2.31. The van der Waals surface area contributed by atoms with Crippen molar-refractivity contribution in [2.75, 3.05) is 23.4 Å². The van der Waals surface area contributed by atoms with E-state index in [1.54, 1.807) is 0 Å². The topological polar surface area (TPSA) is 114 Å². The molecule has 0 aliphatic heterocycles. The Kier molecular flexibility index (Phi) is 7.36. The average Bonchev–Trinajstić information content (AvgIpc) is 2.83.